The standard InChI is InChI=1S/C33H29N3O4/c34-32(37)28(36-33(38)27-15-7-13-26-14-8-18-35-31(26)27)19-25-16-17-29(39-21-23-9-3-1-4-10-23)30(20-25)40-22-24-11-5-2-6-12-24/h1-18,20,28H,19,21-22H2,(H2,34,37)(H,36,38)/t28-/m1/s1. The van der Waals surface area contributed by atoms with E-state index >= 15 is 0 Å². The predicted molar refractivity (Wildman–Crippen MR) is 154 cm³/mol. The molecule has 0 spiro atoms. The summed E-state index contributed by atoms with van der Waals surface area (Å²) in [6.45, 7) is 0.719. The normalized spacial score (nSPS) is 11.5. The minimum Gasteiger partial charge on any atom is -0.485 e. The molecule has 0 saturated heterocycles. The number of carbonyl (C=O) groups is 2. The van der Waals surface area contributed by atoms with Gasteiger partial charge in [-0.1, -0.05) is 84.9 Å². The fourth-order valence-corrected chi connectivity index (χ4v) is 4.36. The molecule has 40 heavy (non-hydrogen) atoms. The first-order valence-electron chi connectivity index (χ1n) is 13.0. The number of hydrogen-bond donors (Lipinski definition) is 2. The summed E-state index contributed by atoms with van der Waals surface area (Å²) in [6, 6.07) is 33.2. The van der Waals surface area contributed by atoms with E-state index in [0.29, 0.717) is 35.8 Å². The Balaban J connectivity index is 1.35. The lowest BCUT2D eigenvalue weighted by Crippen LogP contribution is -2.45. The molecule has 4 aromatic carbocycles. The van der Waals surface area contributed by atoms with E-state index in [1.54, 1.807) is 24.4 Å². The smallest absolute Gasteiger partial charge is 0.254 e. The number of nitrogens with one attached hydrogen (secondary N) is 1. The van der Waals surface area contributed by atoms with Crippen LogP contribution < -0.4 is 20.5 Å². The first kappa shape index (κ1) is 26.4. The maximum Gasteiger partial charge on any atom is 0.254 e. The number of benzene rings is 4. The van der Waals surface area contributed by atoms with Gasteiger partial charge in [-0.15, -0.1) is 0 Å². The Kier molecular flexibility index (Phi) is 8.32. The average molecular weight is 532 g/mol. The Bertz CT molecular complexity index is 1600. The summed E-state index contributed by atoms with van der Waals surface area (Å²) in [5.74, 6) is 0.0456. The molecule has 0 bridgehead atoms. The van der Waals surface area contributed by atoms with Gasteiger partial charge in [0.05, 0.1) is 11.1 Å². The van der Waals surface area contributed by atoms with Crippen LogP contribution >= 0.6 is 0 Å². The van der Waals surface area contributed by atoms with Crippen molar-refractivity contribution >= 4 is 22.7 Å². The summed E-state index contributed by atoms with van der Waals surface area (Å²) < 4.78 is 12.2. The van der Waals surface area contributed by atoms with Gasteiger partial charge in [-0.25, -0.2) is 0 Å². The van der Waals surface area contributed by atoms with Gasteiger partial charge in [-0.2, -0.15) is 0 Å². The number of carbonyl (C=O) groups excluding carboxylic acids is 2. The van der Waals surface area contributed by atoms with Crippen LogP contribution in [0.15, 0.2) is 115 Å². The predicted octanol–water partition coefficient (Wildman–Crippen LogP) is 5.22. The molecule has 7 nitrogen and oxygen atoms in total. The molecule has 0 aliphatic heterocycles. The summed E-state index contributed by atoms with van der Waals surface area (Å²) in [4.78, 5) is 29.9. The molecule has 1 aromatic heterocycles. The number of rotatable bonds is 11. The second-order valence-electron chi connectivity index (χ2n) is 9.34. The van der Waals surface area contributed by atoms with Crippen LogP contribution in [0, 0.1) is 0 Å². The van der Waals surface area contributed by atoms with Crippen LogP contribution in [-0.2, 0) is 24.4 Å². The highest BCUT2D eigenvalue weighted by Gasteiger charge is 2.22. The molecular formula is C33H29N3O4. The fraction of sp³-hybridized carbons (Fsp3) is 0.121. The van der Waals surface area contributed by atoms with E-state index in [4.69, 9.17) is 15.2 Å². The maximum atomic E-state index is 13.2. The van der Waals surface area contributed by atoms with Crippen molar-refractivity contribution in [3.63, 3.8) is 0 Å². The minimum absolute atomic E-state index is 0.180. The molecule has 0 aliphatic carbocycles. The van der Waals surface area contributed by atoms with Gasteiger partial charge in [-0.05, 0) is 41.0 Å². The number of para-hydroxylation sites is 1. The van der Waals surface area contributed by atoms with Crippen molar-refractivity contribution in [1.29, 1.82) is 0 Å². The molecule has 3 N–H and O–H groups in total. The van der Waals surface area contributed by atoms with Gasteiger partial charge in [-0.3, -0.25) is 14.6 Å². The number of hydrogen-bond acceptors (Lipinski definition) is 5. The molecule has 5 aromatic rings. The van der Waals surface area contributed by atoms with Crippen LogP contribution in [0.4, 0.5) is 0 Å². The molecule has 7 heteroatoms. The molecule has 0 saturated carbocycles. The van der Waals surface area contributed by atoms with Crippen molar-refractivity contribution in [2.45, 2.75) is 25.7 Å². The molecule has 2 amide bonds. The molecule has 0 aliphatic rings. The number of aromatic nitrogens is 1. The van der Waals surface area contributed by atoms with E-state index in [0.717, 1.165) is 22.1 Å². The topological polar surface area (TPSA) is 104 Å². The van der Waals surface area contributed by atoms with Crippen LogP contribution in [-0.4, -0.2) is 22.8 Å². The lowest BCUT2D eigenvalue weighted by molar-refractivity contribution is -0.119. The Morgan fingerprint density at radius 1 is 0.725 bits per heavy atom. The molecule has 5 rings (SSSR count). The molecule has 1 atom stereocenters. The number of nitrogens with zero attached hydrogens (tertiary/aromatic N) is 1. The highest BCUT2D eigenvalue weighted by atomic mass is 16.5. The third kappa shape index (κ3) is 6.63. The van der Waals surface area contributed by atoms with Crippen LogP contribution in [0.2, 0.25) is 0 Å². The summed E-state index contributed by atoms with van der Waals surface area (Å²) in [6.07, 6.45) is 1.81. The average Bonchev–Trinajstić information content (AvgIpc) is 2.99. The van der Waals surface area contributed by atoms with Gasteiger partial charge in [0.25, 0.3) is 5.91 Å². The first-order valence-corrected chi connectivity index (χ1v) is 13.0. The Hall–Kier alpha value is -5.17. The highest BCUT2D eigenvalue weighted by molar-refractivity contribution is 6.06. The fourth-order valence-electron chi connectivity index (χ4n) is 4.36. The summed E-state index contributed by atoms with van der Waals surface area (Å²) in [5.41, 5.74) is 9.44. The number of amides is 2. The zero-order valence-corrected chi connectivity index (χ0v) is 21.8. The van der Waals surface area contributed by atoms with E-state index in [-0.39, 0.29) is 6.42 Å². The molecular weight excluding hydrogens is 502 g/mol. The maximum absolute atomic E-state index is 13.2. The largest absolute Gasteiger partial charge is 0.485 e. The molecule has 0 radical (unpaired) electrons. The third-order valence-electron chi connectivity index (χ3n) is 6.45. The van der Waals surface area contributed by atoms with E-state index < -0.39 is 17.9 Å². The monoisotopic (exact) mass is 531 g/mol. The zero-order valence-electron chi connectivity index (χ0n) is 21.8. The van der Waals surface area contributed by atoms with Crippen molar-refractivity contribution in [3.8, 4) is 11.5 Å². The number of pyridine rings is 1. The van der Waals surface area contributed by atoms with Gasteiger partial charge in [0.1, 0.15) is 19.3 Å². The van der Waals surface area contributed by atoms with E-state index in [1.165, 1.54) is 0 Å². The van der Waals surface area contributed by atoms with Crippen molar-refractivity contribution in [3.05, 3.63) is 138 Å². The second kappa shape index (κ2) is 12.6. The SMILES string of the molecule is NC(=O)[C@@H](Cc1ccc(OCc2ccccc2)c(OCc2ccccc2)c1)NC(=O)c1cccc2cccnc12. The number of nitrogens with two attached hydrogens (primary N) is 1. The van der Waals surface area contributed by atoms with Crippen molar-refractivity contribution in [1.82, 2.24) is 10.3 Å². The Morgan fingerprint density at radius 2 is 1.38 bits per heavy atom. The zero-order chi connectivity index (χ0) is 27.7. The van der Waals surface area contributed by atoms with E-state index in [9.17, 15) is 9.59 Å². The van der Waals surface area contributed by atoms with Crippen molar-refractivity contribution in [2.75, 3.05) is 0 Å². The highest BCUT2D eigenvalue weighted by Crippen LogP contribution is 2.31. The Morgan fingerprint density at radius 3 is 2.05 bits per heavy atom. The lowest BCUT2D eigenvalue weighted by atomic mass is 10.0. The lowest BCUT2D eigenvalue weighted by Gasteiger charge is -2.18. The Labute approximate surface area is 232 Å². The van der Waals surface area contributed by atoms with Crippen LogP contribution in [0.5, 0.6) is 11.5 Å². The number of fused-ring (bicyclic) bond motifs is 1. The number of primary amides is 1. The van der Waals surface area contributed by atoms with Gasteiger partial charge in [0.2, 0.25) is 5.91 Å². The van der Waals surface area contributed by atoms with E-state index in [2.05, 4.69) is 10.3 Å². The van der Waals surface area contributed by atoms with Crippen LogP contribution in [0.3, 0.4) is 0 Å². The molecule has 1 heterocycles. The molecule has 200 valence electrons. The van der Waals surface area contributed by atoms with Gasteiger partial charge >= 0.3 is 0 Å². The minimum atomic E-state index is -0.940. The first-order chi connectivity index (χ1) is 19.6. The molecule has 0 fully saturated rings. The van der Waals surface area contributed by atoms with Gasteiger partial charge in [0.15, 0.2) is 11.5 Å². The van der Waals surface area contributed by atoms with Crippen LogP contribution in [0.1, 0.15) is 27.0 Å². The summed E-state index contributed by atoms with van der Waals surface area (Å²) >= 11 is 0. The van der Waals surface area contributed by atoms with Crippen molar-refractivity contribution < 1.29 is 19.1 Å². The quantitative estimate of drug-likeness (QED) is 0.243. The van der Waals surface area contributed by atoms with E-state index in [1.807, 2.05) is 91.0 Å². The van der Waals surface area contributed by atoms with Crippen LogP contribution in [0.25, 0.3) is 10.9 Å². The van der Waals surface area contributed by atoms with Gasteiger partial charge in [0, 0.05) is 18.0 Å². The third-order valence-corrected chi connectivity index (χ3v) is 6.45. The summed E-state index contributed by atoms with van der Waals surface area (Å²) in [5, 5.41) is 3.62. The number of ether oxygens (including phenoxy) is 2. The second-order valence-corrected chi connectivity index (χ2v) is 9.34. The van der Waals surface area contributed by atoms with Crippen molar-refractivity contribution in [2.24, 2.45) is 5.73 Å². The summed E-state index contributed by atoms with van der Waals surface area (Å²) in [7, 11) is 0. The molecule has 0 unspecified atom stereocenters. The van der Waals surface area contributed by atoms with Gasteiger partial charge < -0.3 is 20.5 Å².